The van der Waals surface area contributed by atoms with Gasteiger partial charge < -0.3 is 10.7 Å². The molecule has 74 valence electrons. The molecule has 0 radical (unpaired) electrons. The molecule has 0 amide bonds. The lowest BCUT2D eigenvalue weighted by molar-refractivity contribution is 0.900. The number of nitrogens with two attached hydrogens (primary N) is 1. The van der Waals surface area contributed by atoms with Gasteiger partial charge in [0.25, 0.3) is 0 Å². The van der Waals surface area contributed by atoms with Crippen LogP contribution in [0.2, 0.25) is 0 Å². The zero-order valence-electron chi connectivity index (χ0n) is 7.97. The zero-order valence-corrected chi connectivity index (χ0v) is 9.56. The van der Waals surface area contributed by atoms with Gasteiger partial charge in [-0.05, 0) is 31.2 Å². The molecule has 3 N–H and O–H groups in total. The first-order chi connectivity index (χ1) is 6.70. The highest BCUT2D eigenvalue weighted by Crippen LogP contribution is 2.21. The zero-order chi connectivity index (χ0) is 10.1. The number of hydrogen-bond acceptors (Lipinski definition) is 2. The van der Waals surface area contributed by atoms with Crippen molar-refractivity contribution in [3.05, 3.63) is 28.0 Å². The van der Waals surface area contributed by atoms with Crippen molar-refractivity contribution < 1.29 is 0 Å². The van der Waals surface area contributed by atoms with E-state index in [1.54, 1.807) is 0 Å². The summed E-state index contributed by atoms with van der Waals surface area (Å²) in [6.45, 7) is 2.68. The van der Waals surface area contributed by atoms with Gasteiger partial charge in [0, 0.05) is 10.9 Å². The summed E-state index contributed by atoms with van der Waals surface area (Å²) in [5.41, 5.74) is 8.76. The molecule has 14 heavy (non-hydrogen) atoms. The molecule has 2 rings (SSSR count). The van der Waals surface area contributed by atoms with Crippen LogP contribution < -0.4 is 5.73 Å². The fourth-order valence-corrected chi connectivity index (χ4v) is 2.12. The number of aromatic amines is 1. The van der Waals surface area contributed by atoms with Gasteiger partial charge in [0.05, 0.1) is 11.0 Å². The highest BCUT2D eigenvalue weighted by molar-refractivity contribution is 9.10. The van der Waals surface area contributed by atoms with Crippen LogP contribution in [0.25, 0.3) is 11.0 Å². The number of fused-ring (bicyclic) bond motifs is 1. The van der Waals surface area contributed by atoms with E-state index in [0.29, 0.717) is 6.54 Å². The predicted octanol–water partition coefficient (Wildman–Crippen LogP) is 2.14. The topological polar surface area (TPSA) is 54.7 Å². The maximum absolute atomic E-state index is 5.48. The van der Waals surface area contributed by atoms with Crippen LogP contribution in [0.15, 0.2) is 16.6 Å². The number of aryl methyl sites for hydroxylation is 1. The minimum absolute atomic E-state index is 0.625. The van der Waals surface area contributed by atoms with E-state index in [2.05, 4.69) is 38.9 Å². The van der Waals surface area contributed by atoms with Crippen LogP contribution in [0.1, 0.15) is 11.4 Å². The number of benzene rings is 1. The van der Waals surface area contributed by atoms with Crippen LogP contribution in [0, 0.1) is 6.92 Å². The highest BCUT2D eigenvalue weighted by atomic mass is 79.9. The molecule has 0 unspecified atom stereocenters. The normalized spacial score (nSPS) is 11.1. The van der Waals surface area contributed by atoms with E-state index in [1.807, 2.05) is 6.07 Å². The fraction of sp³-hybridized carbons (Fsp3) is 0.300. The van der Waals surface area contributed by atoms with Gasteiger partial charge in [-0.15, -0.1) is 0 Å². The summed E-state index contributed by atoms with van der Waals surface area (Å²) in [4.78, 5) is 7.74. The van der Waals surface area contributed by atoms with Crippen molar-refractivity contribution in [2.24, 2.45) is 5.73 Å². The van der Waals surface area contributed by atoms with E-state index in [1.165, 1.54) is 5.56 Å². The molecule has 3 nitrogen and oxygen atoms in total. The van der Waals surface area contributed by atoms with Crippen molar-refractivity contribution in [1.82, 2.24) is 9.97 Å². The summed E-state index contributed by atoms with van der Waals surface area (Å²) in [5.74, 6) is 0.962. The summed E-state index contributed by atoms with van der Waals surface area (Å²) >= 11 is 3.46. The Morgan fingerprint density at radius 3 is 3.00 bits per heavy atom. The molecule has 0 fully saturated rings. The molecule has 0 aliphatic heterocycles. The average Bonchev–Trinajstić information content (AvgIpc) is 2.48. The Bertz CT molecular complexity index is 462. The SMILES string of the molecule is Cc1cc(Br)cc2[nH]c(CCN)nc12. The molecule has 0 aliphatic rings. The second kappa shape index (κ2) is 3.71. The minimum atomic E-state index is 0.625. The van der Waals surface area contributed by atoms with Crippen molar-refractivity contribution in [3.8, 4) is 0 Å². The molecule has 4 heteroatoms. The number of imidazole rings is 1. The first kappa shape index (κ1) is 9.68. The third-order valence-corrected chi connectivity index (χ3v) is 2.63. The maximum atomic E-state index is 5.48. The summed E-state index contributed by atoms with van der Waals surface area (Å²) < 4.78 is 1.07. The third-order valence-electron chi connectivity index (χ3n) is 2.17. The van der Waals surface area contributed by atoms with Crippen molar-refractivity contribution >= 4 is 27.0 Å². The Morgan fingerprint density at radius 2 is 2.29 bits per heavy atom. The molecule has 1 aromatic heterocycles. The average molecular weight is 254 g/mol. The molecule has 0 saturated carbocycles. The van der Waals surface area contributed by atoms with Gasteiger partial charge in [-0.3, -0.25) is 0 Å². The molecule has 1 aromatic carbocycles. The van der Waals surface area contributed by atoms with Crippen LogP contribution in [-0.2, 0) is 6.42 Å². The summed E-state index contributed by atoms with van der Waals surface area (Å²) in [7, 11) is 0. The monoisotopic (exact) mass is 253 g/mol. The van der Waals surface area contributed by atoms with Gasteiger partial charge in [0.15, 0.2) is 0 Å². The molecule has 2 aromatic rings. The lowest BCUT2D eigenvalue weighted by Gasteiger charge is -1.94. The molecular formula is C10H12BrN3. The number of H-pyrrole nitrogens is 1. The molecule has 0 atom stereocenters. The number of hydrogen-bond donors (Lipinski definition) is 2. The quantitative estimate of drug-likeness (QED) is 0.862. The van der Waals surface area contributed by atoms with Gasteiger partial charge in [-0.1, -0.05) is 15.9 Å². The fourth-order valence-electron chi connectivity index (χ4n) is 1.55. The van der Waals surface area contributed by atoms with Crippen molar-refractivity contribution in [2.75, 3.05) is 6.54 Å². The first-order valence-corrected chi connectivity index (χ1v) is 5.35. The van der Waals surface area contributed by atoms with E-state index in [9.17, 15) is 0 Å². The number of halogens is 1. The van der Waals surface area contributed by atoms with Crippen LogP contribution in [0.5, 0.6) is 0 Å². The number of nitrogens with zero attached hydrogens (tertiary/aromatic N) is 1. The van der Waals surface area contributed by atoms with Crippen molar-refractivity contribution in [1.29, 1.82) is 0 Å². The van der Waals surface area contributed by atoms with Gasteiger partial charge in [-0.2, -0.15) is 0 Å². The first-order valence-electron chi connectivity index (χ1n) is 4.55. The molecule has 1 heterocycles. The molecule has 0 saturated heterocycles. The van der Waals surface area contributed by atoms with E-state index in [4.69, 9.17) is 5.73 Å². The molecule has 0 aliphatic carbocycles. The van der Waals surface area contributed by atoms with E-state index < -0.39 is 0 Å². The largest absolute Gasteiger partial charge is 0.342 e. The number of nitrogens with one attached hydrogen (secondary N) is 1. The predicted molar refractivity (Wildman–Crippen MR) is 61.3 cm³/mol. The molecular weight excluding hydrogens is 242 g/mol. The van der Waals surface area contributed by atoms with E-state index in [-0.39, 0.29) is 0 Å². The van der Waals surface area contributed by atoms with E-state index >= 15 is 0 Å². The van der Waals surface area contributed by atoms with Crippen LogP contribution in [0.4, 0.5) is 0 Å². The lowest BCUT2D eigenvalue weighted by Crippen LogP contribution is -2.03. The van der Waals surface area contributed by atoms with Crippen LogP contribution in [0.3, 0.4) is 0 Å². The summed E-state index contributed by atoms with van der Waals surface area (Å²) in [6.07, 6.45) is 0.797. The van der Waals surface area contributed by atoms with E-state index in [0.717, 1.165) is 27.8 Å². The summed E-state index contributed by atoms with van der Waals surface area (Å²) in [5, 5.41) is 0. The summed E-state index contributed by atoms with van der Waals surface area (Å²) in [6, 6.07) is 4.10. The van der Waals surface area contributed by atoms with Crippen LogP contribution >= 0.6 is 15.9 Å². The Hall–Kier alpha value is -0.870. The highest BCUT2D eigenvalue weighted by Gasteiger charge is 2.05. The van der Waals surface area contributed by atoms with Gasteiger partial charge >= 0.3 is 0 Å². The lowest BCUT2D eigenvalue weighted by atomic mass is 10.2. The van der Waals surface area contributed by atoms with Gasteiger partial charge in [0.2, 0.25) is 0 Å². The smallest absolute Gasteiger partial charge is 0.108 e. The Labute approximate surface area is 90.8 Å². The standard InChI is InChI=1S/C10H12BrN3/c1-6-4-7(11)5-8-10(6)14-9(13-8)2-3-12/h4-5H,2-3,12H2,1H3,(H,13,14). The van der Waals surface area contributed by atoms with Gasteiger partial charge in [-0.25, -0.2) is 4.98 Å². The molecule has 0 bridgehead atoms. The number of aromatic nitrogens is 2. The second-order valence-corrected chi connectivity index (χ2v) is 4.26. The number of rotatable bonds is 2. The Balaban J connectivity index is 2.58. The maximum Gasteiger partial charge on any atom is 0.108 e. The van der Waals surface area contributed by atoms with Crippen molar-refractivity contribution in [3.63, 3.8) is 0 Å². The Kier molecular flexibility index (Phi) is 2.56. The second-order valence-electron chi connectivity index (χ2n) is 3.34. The van der Waals surface area contributed by atoms with Gasteiger partial charge in [0.1, 0.15) is 5.82 Å². The minimum Gasteiger partial charge on any atom is -0.342 e. The Morgan fingerprint density at radius 1 is 1.50 bits per heavy atom. The van der Waals surface area contributed by atoms with Crippen LogP contribution in [-0.4, -0.2) is 16.5 Å². The molecule has 0 spiro atoms. The van der Waals surface area contributed by atoms with Crippen molar-refractivity contribution in [2.45, 2.75) is 13.3 Å². The third kappa shape index (κ3) is 1.67.